The van der Waals surface area contributed by atoms with E-state index in [-0.39, 0.29) is 0 Å². The second-order valence-electron chi connectivity index (χ2n) is 15.5. The normalized spacial score (nSPS) is 11.5. The van der Waals surface area contributed by atoms with Crippen molar-refractivity contribution in [3.05, 3.63) is 219 Å². The van der Waals surface area contributed by atoms with Crippen molar-refractivity contribution in [3.63, 3.8) is 0 Å². The van der Waals surface area contributed by atoms with Crippen LogP contribution in [0, 0.1) is 0 Å². The summed E-state index contributed by atoms with van der Waals surface area (Å²) in [7, 11) is 0. The first-order valence-electron chi connectivity index (χ1n) is 20.8. The van der Waals surface area contributed by atoms with E-state index in [4.69, 9.17) is 19.9 Å². The Hall–Kier alpha value is -8.48. The molecule has 0 fully saturated rings. The Morgan fingerprint density at radius 3 is 1.55 bits per heavy atom. The molecule has 62 heavy (non-hydrogen) atoms. The Morgan fingerprint density at radius 2 is 0.839 bits per heavy atom. The first-order valence-corrected chi connectivity index (χ1v) is 20.8. The largest absolute Gasteiger partial charge is 0.309 e. The summed E-state index contributed by atoms with van der Waals surface area (Å²) >= 11 is 0. The SMILES string of the molecule is c1ccc(-c2nc(-c3ccccc3)nc(-c3cc(-c4cccc5c4c4ccccc4n5-c4ccc(-c5ccc6c7ccccc7n(-c7ccccc7)c6c5)cc4)ccn3)n2)cc1. The van der Waals surface area contributed by atoms with Crippen molar-refractivity contribution in [2.45, 2.75) is 0 Å². The number of hydrogen-bond acceptors (Lipinski definition) is 4. The number of aromatic nitrogens is 6. The molecule has 4 aromatic heterocycles. The monoisotopic (exact) mass is 792 g/mol. The number of fused-ring (bicyclic) bond motifs is 6. The molecule has 6 nitrogen and oxygen atoms in total. The molecule has 12 aromatic rings. The predicted octanol–water partition coefficient (Wildman–Crippen LogP) is 13.8. The van der Waals surface area contributed by atoms with Crippen molar-refractivity contribution in [1.82, 2.24) is 29.1 Å². The Kier molecular flexibility index (Phi) is 8.38. The van der Waals surface area contributed by atoms with Crippen molar-refractivity contribution in [3.8, 4) is 67.9 Å². The van der Waals surface area contributed by atoms with Crippen molar-refractivity contribution in [1.29, 1.82) is 0 Å². The van der Waals surface area contributed by atoms with E-state index in [0.717, 1.165) is 50.2 Å². The molecule has 0 unspecified atom stereocenters. The van der Waals surface area contributed by atoms with Crippen LogP contribution in [0.25, 0.3) is 112 Å². The fourth-order valence-corrected chi connectivity index (χ4v) is 8.99. The van der Waals surface area contributed by atoms with Crippen molar-refractivity contribution in [2.24, 2.45) is 0 Å². The van der Waals surface area contributed by atoms with Crippen molar-refractivity contribution >= 4 is 43.6 Å². The molecule has 0 aliphatic carbocycles. The van der Waals surface area contributed by atoms with Crippen LogP contribution in [0.15, 0.2) is 219 Å². The number of para-hydroxylation sites is 3. The third-order valence-electron chi connectivity index (χ3n) is 11.8. The standard InChI is InChI=1S/C56H36N6/c1-4-15-38(16-5-1)54-58-55(39-17-6-2-7-18-39)60-56(59-54)48-35-41(33-34-57-48)44-23-14-26-51-53(44)47-22-11-13-25-50(47)61(51)43-30-27-37(28-31-43)40-29-32-46-45-21-10-12-24-49(45)62(52(46)36-40)42-19-8-3-9-20-42/h1-36H. The summed E-state index contributed by atoms with van der Waals surface area (Å²) in [4.78, 5) is 19.7. The number of benzene rings is 8. The highest BCUT2D eigenvalue weighted by Gasteiger charge is 2.19. The van der Waals surface area contributed by atoms with Crippen LogP contribution in [0.1, 0.15) is 0 Å². The predicted molar refractivity (Wildman–Crippen MR) is 253 cm³/mol. The highest BCUT2D eigenvalue weighted by atomic mass is 15.0. The van der Waals surface area contributed by atoms with E-state index >= 15 is 0 Å². The lowest BCUT2D eigenvalue weighted by atomic mass is 9.99. The van der Waals surface area contributed by atoms with Gasteiger partial charge in [-0.2, -0.15) is 0 Å². The van der Waals surface area contributed by atoms with E-state index in [1.165, 1.54) is 38.1 Å². The van der Waals surface area contributed by atoms with E-state index < -0.39 is 0 Å². The second kappa shape index (κ2) is 14.7. The first-order chi connectivity index (χ1) is 30.7. The fraction of sp³-hybridized carbons (Fsp3) is 0. The molecule has 6 heteroatoms. The smallest absolute Gasteiger partial charge is 0.182 e. The molecule has 290 valence electrons. The molecule has 0 atom stereocenters. The minimum absolute atomic E-state index is 0.523. The molecule has 0 N–H and O–H groups in total. The highest BCUT2D eigenvalue weighted by Crippen LogP contribution is 2.40. The molecule has 0 amide bonds. The lowest BCUT2D eigenvalue weighted by Gasteiger charge is -2.11. The number of hydrogen-bond donors (Lipinski definition) is 0. The molecule has 0 bridgehead atoms. The van der Waals surface area contributed by atoms with Gasteiger partial charge in [-0.1, -0.05) is 152 Å². The van der Waals surface area contributed by atoms with Gasteiger partial charge in [0, 0.05) is 50.2 Å². The van der Waals surface area contributed by atoms with Crippen molar-refractivity contribution in [2.75, 3.05) is 0 Å². The number of nitrogens with zero attached hydrogens (tertiary/aromatic N) is 6. The van der Waals surface area contributed by atoms with Crippen LogP contribution in [0.5, 0.6) is 0 Å². The van der Waals surface area contributed by atoms with Gasteiger partial charge in [0.2, 0.25) is 0 Å². The zero-order chi connectivity index (χ0) is 41.0. The third kappa shape index (κ3) is 5.96. The van der Waals surface area contributed by atoms with Crippen molar-refractivity contribution < 1.29 is 0 Å². The van der Waals surface area contributed by atoms with E-state index in [1.807, 2.05) is 66.9 Å². The zero-order valence-corrected chi connectivity index (χ0v) is 33.5. The summed E-state index contributed by atoms with van der Waals surface area (Å²) in [6, 6.07) is 74.6. The number of pyridine rings is 1. The lowest BCUT2D eigenvalue weighted by Crippen LogP contribution is -2.01. The van der Waals surface area contributed by atoms with Gasteiger partial charge in [0.1, 0.15) is 5.69 Å². The summed E-state index contributed by atoms with van der Waals surface area (Å²) in [5, 5.41) is 4.85. The van der Waals surface area contributed by atoms with Crippen LogP contribution < -0.4 is 0 Å². The summed E-state index contributed by atoms with van der Waals surface area (Å²) in [6.07, 6.45) is 1.85. The van der Waals surface area contributed by atoms with Crippen LogP contribution >= 0.6 is 0 Å². The summed E-state index contributed by atoms with van der Waals surface area (Å²) in [6.45, 7) is 0. The molecule has 0 saturated heterocycles. The van der Waals surface area contributed by atoms with Gasteiger partial charge in [-0.25, -0.2) is 15.0 Å². The fourth-order valence-electron chi connectivity index (χ4n) is 8.99. The minimum Gasteiger partial charge on any atom is -0.309 e. The van der Waals surface area contributed by atoms with Gasteiger partial charge < -0.3 is 9.13 Å². The van der Waals surface area contributed by atoms with Gasteiger partial charge >= 0.3 is 0 Å². The van der Waals surface area contributed by atoms with Gasteiger partial charge in [-0.3, -0.25) is 4.98 Å². The molecule has 8 aromatic carbocycles. The Bertz CT molecular complexity index is 3550. The minimum atomic E-state index is 0.523. The second-order valence-corrected chi connectivity index (χ2v) is 15.5. The molecule has 0 radical (unpaired) electrons. The highest BCUT2D eigenvalue weighted by molar-refractivity contribution is 6.16. The van der Waals surface area contributed by atoms with Gasteiger partial charge in [0.15, 0.2) is 17.5 Å². The molecule has 0 saturated carbocycles. The lowest BCUT2D eigenvalue weighted by molar-refractivity contribution is 1.06. The maximum atomic E-state index is 4.97. The van der Waals surface area contributed by atoms with Crippen LogP contribution in [-0.4, -0.2) is 29.1 Å². The first kappa shape index (κ1) is 35.5. The maximum absolute atomic E-state index is 4.97. The van der Waals surface area contributed by atoms with Crippen LogP contribution in [0.2, 0.25) is 0 Å². The Balaban J connectivity index is 0.957. The molecule has 0 spiro atoms. The summed E-state index contributed by atoms with van der Waals surface area (Å²) < 4.78 is 4.75. The quantitative estimate of drug-likeness (QED) is 0.161. The molecule has 0 aliphatic heterocycles. The number of rotatable bonds is 7. The average Bonchev–Trinajstić information content (AvgIpc) is 3.87. The molecule has 12 rings (SSSR count). The van der Waals surface area contributed by atoms with Gasteiger partial charge in [-0.05, 0) is 82.9 Å². The van der Waals surface area contributed by atoms with E-state index in [9.17, 15) is 0 Å². The average molecular weight is 793 g/mol. The molecular formula is C56H36N6. The van der Waals surface area contributed by atoms with Crippen LogP contribution in [0.4, 0.5) is 0 Å². The maximum Gasteiger partial charge on any atom is 0.182 e. The van der Waals surface area contributed by atoms with Gasteiger partial charge in [-0.15, -0.1) is 0 Å². The molecule has 4 heterocycles. The van der Waals surface area contributed by atoms with Gasteiger partial charge in [0.25, 0.3) is 0 Å². The summed E-state index contributed by atoms with van der Waals surface area (Å²) in [5.74, 6) is 1.73. The molecular weight excluding hydrogens is 757 g/mol. The van der Waals surface area contributed by atoms with Crippen LogP contribution in [-0.2, 0) is 0 Å². The zero-order valence-electron chi connectivity index (χ0n) is 33.5. The summed E-state index contributed by atoms with van der Waals surface area (Å²) in [5.41, 5.74) is 13.9. The van der Waals surface area contributed by atoms with Gasteiger partial charge in [0.05, 0.1) is 22.1 Å². The Labute approximate surface area is 357 Å². The molecule has 0 aliphatic rings. The Morgan fingerprint density at radius 1 is 0.306 bits per heavy atom. The van der Waals surface area contributed by atoms with E-state index in [0.29, 0.717) is 23.2 Å². The topological polar surface area (TPSA) is 61.4 Å². The van der Waals surface area contributed by atoms with Crippen LogP contribution in [0.3, 0.4) is 0 Å². The third-order valence-corrected chi connectivity index (χ3v) is 11.8. The van der Waals surface area contributed by atoms with E-state index in [1.54, 1.807) is 0 Å². The van der Waals surface area contributed by atoms with E-state index in [2.05, 4.69) is 161 Å².